The fourth-order valence-corrected chi connectivity index (χ4v) is 18.9. The molecule has 1 unspecified atom stereocenters. The molecule has 3 spiro atoms. The number of rotatable bonds is 3. The summed E-state index contributed by atoms with van der Waals surface area (Å²) < 4.78 is 20.4. The number of pyridine rings is 3. The van der Waals surface area contributed by atoms with E-state index in [9.17, 15) is 0 Å². The molecular weight excluding hydrogens is 1260 g/mol. The molecule has 0 bridgehead atoms. The number of aromatic nitrogens is 3. The van der Waals surface area contributed by atoms with Crippen molar-refractivity contribution in [1.82, 2.24) is 15.0 Å². The van der Waals surface area contributed by atoms with E-state index in [4.69, 9.17) is 13.3 Å². The normalized spacial score (nSPS) is 14.9. The van der Waals surface area contributed by atoms with E-state index in [0.717, 1.165) is 56.2 Å². The molecule has 103 heavy (non-hydrogen) atoms. The van der Waals surface area contributed by atoms with E-state index in [0.29, 0.717) is 0 Å². The third-order valence-electron chi connectivity index (χ3n) is 22.7. The summed E-state index contributed by atoms with van der Waals surface area (Å²) in [6.07, 6.45) is 9.37. The smallest absolute Gasteiger partial charge is 0.135 e. The Morgan fingerprint density at radius 2 is 0.650 bits per heavy atom. The van der Waals surface area contributed by atoms with Gasteiger partial charge >= 0.3 is 0 Å². The van der Waals surface area contributed by atoms with Gasteiger partial charge in [-0.1, -0.05) is 262 Å². The maximum absolute atomic E-state index is 6.82. The first-order chi connectivity index (χ1) is 50.6. The van der Waals surface area contributed by atoms with Gasteiger partial charge in [0, 0.05) is 75.0 Å². The van der Waals surface area contributed by atoms with Crippen LogP contribution in [0.5, 0.6) is 0 Å². The predicted molar refractivity (Wildman–Crippen MR) is 414 cm³/mol. The minimum Gasteiger partial charge on any atom is -0.459 e. The first-order valence-electron chi connectivity index (χ1n) is 34.9. The molecule has 1 atom stereocenters. The lowest BCUT2D eigenvalue weighted by Crippen LogP contribution is -2.26. The molecule has 0 amide bonds. The second-order valence-electron chi connectivity index (χ2n) is 27.4. The Kier molecular flexibility index (Phi) is 12.6. The van der Waals surface area contributed by atoms with E-state index in [1.54, 1.807) is 0 Å². The largest absolute Gasteiger partial charge is 0.459 e. The summed E-state index contributed by atoms with van der Waals surface area (Å²) in [6.45, 7) is 0. The molecule has 6 heterocycles. The fourth-order valence-electron chi connectivity index (χ4n) is 18.9. The summed E-state index contributed by atoms with van der Waals surface area (Å²) in [6, 6.07) is 113. The van der Waals surface area contributed by atoms with E-state index < -0.39 is 16.2 Å². The van der Waals surface area contributed by atoms with Crippen LogP contribution in [0, 0.1) is 0 Å². The molecule has 0 saturated carbocycles. The van der Waals surface area contributed by atoms with Crippen LogP contribution in [0.2, 0.25) is 0 Å². The Morgan fingerprint density at radius 1 is 0.233 bits per heavy atom. The second-order valence-corrected chi connectivity index (χ2v) is 27.4. The summed E-state index contributed by atoms with van der Waals surface area (Å²) in [5, 5.41) is 3.51. The molecule has 0 N–H and O–H groups in total. The van der Waals surface area contributed by atoms with Crippen LogP contribution >= 0.6 is 0 Å². The highest BCUT2D eigenvalue weighted by Gasteiger charge is 2.58. The molecule has 12 aromatic carbocycles. The summed E-state index contributed by atoms with van der Waals surface area (Å²) in [7, 11) is 0. The number of furan rings is 3. The van der Waals surface area contributed by atoms with Gasteiger partial charge in [-0.25, -0.2) is 0 Å². The van der Waals surface area contributed by atoms with E-state index >= 15 is 0 Å². The van der Waals surface area contributed by atoms with Crippen LogP contribution in [0.4, 0.5) is 0 Å². The number of benzene rings is 12. The van der Waals surface area contributed by atoms with Crippen LogP contribution in [0.25, 0.3) is 133 Å². The van der Waals surface area contributed by atoms with Gasteiger partial charge in [-0.05, 0) is 177 Å². The minimum absolute atomic E-state index is 0. The SMILES string of the molecule is C.c1ccc(-c2ccc3c(c2)-c2c(oc4ccccc24)C32c3ccccc3-c3ccccc32)nc1.c1ccc2c(c1)-c1ccc(-c3ccncc3)cc1C21c2ccccc2-c2c1oc1ccccc21.c1cncc(-c2cccc3c2C2(c4ccccc4-c4ccccc42)c2oc4ccccc4c2-3)c1. The molecule has 6 aromatic heterocycles. The summed E-state index contributed by atoms with van der Waals surface area (Å²) in [4.78, 5) is 13.3. The average Bonchev–Trinajstić information content (AvgIpc) is 1.51. The van der Waals surface area contributed by atoms with Crippen LogP contribution in [-0.2, 0) is 16.2 Å². The first kappa shape index (κ1) is 58.7. The molecule has 0 saturated heterocycles. The molecule has 6 aliphatic rings. The molecule has 0 fully saturated rings. The Balaban J connectivity index is 0.0000000997. The van der Waals surface area contributed by atoms with Crippen molar-refractivity contribution in [3.63, 3.8) is 0 Å². The van der Waals surface area contributed by atoms with Crippen molar-refractivity contribution in [2.24, 2.45) is 0 Å². The van der Waals surface area contributed by atoms with Crippen LogP contribution in [0.3, 0.4) is 0 Å². The van der Waals surface area contributed by atoms with Crippen molar-refractivity contribution in [1.29, 1.82) is 0 Å². The van der Waals surface area contributed by atoms with Crippen molar-refractivity contribution in [3.05, 3.63) is 414 Å². The molecule has 482 valence electrons. The Morgan fingerprint density at radius 3 is 1.18 bits per heavy atom. The third-order valence-corrected chi connectivity index (χ3v) is 22.7. The van der Waals surface area contributed by atoms with Gasteiger partial charge in [-0.2, -0.15) is 0 Å². The molecule has 6 aliphatic carbocycles. The van der Waals surface area contributed by atoms with Gasteiger partial charge in [0.2, 0.25) is 0 Å². The average molecular weight is 1320 g/mol. The van der Waals surface area contributed by atoms with Gasteiger partial charge in [0.25, 0.3) is 0 Å². The zero-order valence-corrected chi connectivity index (χ0v) is 55.0. The van der Waals surface area contributed by atoms with Crippen LogP contribution in [-0.4, -0.2) is 15.0 Å². The van der Waals surface area contributed by atoms with Crippen molar-refractivity contribution >= 4 is 32.9 Å². The number of hydrogen-bond donors (Lipinski definition) is 0. The highest BCUT2D eigenvalue weighted by Crippen LogP contribution is 2.69. The molecule has 6 heteroatoms. The summed E-state index contributed by atoms with van der Waals surface area (Å²) in [5.74, 6) is 3.09. The van der Waals surface area contributed by atoms with E-state index in [1.165, 1.54) is 144 Å². The second kappa shape index (κ2) is 22.1. The lowest BCUT2D eigenvalue weighted by atomic mass is 9.71. The fraction of sp³-hybridized carbons (Fsp3) is 0.0412. The Hall–Kier alpha value is -13.3. The zero-order valence-electron chi connectivity index (χ0n) is 55.0. The van der Waals surface area contributed by atoms with Gasteiger partial charge in [0.15, 0.2) is 0 Å². The van der Waals surface area contributed by atoms with Gasteiger partial charge in [-0.3, -0.25) is 15.0 Å². The van der Waals surface area contributed by atoms with Gasteiger partial charge in [-0.15, -0.1) is 0 Å². The highest BCUT2D eigenvalue weighted by atomic mass is 16.3. The number of hydrogen-bond acceptors (Lipinski definition) is 6. The van der Waals surface area contributed by atoms with E-state index in [2.05, 4.69) is 312 Å². The standard InChI is InChI=1S/3C32H19NO.CH4/c1-4-15-26-22(10-1)23-11-2-5-16-27(23)32(26)30-21(20-9-8-18-33-19-20)13-7-14-25(30)29-24-12-3-6-17-28(24)34-31(29)32;1-4-12-25-21(9-1)22-10-2-5-13-26(22)32(25)27-17-16-20(28-14-7-8-18-33-28)19-24(27)30-23-11-3-6-15-29(23)34-31(30)32;1-4-10-26-22(7-1)23-14-13-21(20-15-17-33-18-16-20)19-28(23)32(26)27-11-5-2-8-24(27)30-25-9-3-6-12-29(25)34-31(30)32;/h3*1-19H;1H4. The minimum atomic E-state index is -0.511. The van der Waals surface area contributed by atoms with E-state index in [1.807, 2.05) is 49.2 Å². The van der Waals surface area contributed by atoms with Gasteiger partial charge in [0.1, 0.15) is 50.3 Å². The molecule has 0 aliphatic heterocycles. The predicted octanol–water partition coefficient (Wildman–Crippen LogP) is 24.2. The summed E-state index contributed by atoms with van der Waals surface area (Å²) in [5.41, 5.74) is 34.8. The third kappa shape index (κ3) is 7.73. The number of nitrogens with zero attached hydrogens (tertiary/aromatic N) is 3. The summed E-state index contributed by atoms with van der Waals surface area (Å²) >= 11 is 0. The van der Waals surface area contributed by atoms with Crippen LogP contribution in [0.15, 0.2) is 360 Å². The molecule has 18 aromatic rings. The van der Waals surface area contributed by atoms with Gasteiger partial charge < -0.3 is 13.3 Å². The Bertz CT molecular complexity index is 6400. The maximum Gasteiger partial charge on any atom is 0.135 e. The van der Waals surface area contributed by atoms with Crippen LogP contribution < -0.4 is 0 Å². The Labute approximate surface area is 595 Å². The first-order valence-corrected chi connectivity index (χ1v) is 34.9. The van der Waals surface area contributed by atoms with Crippen molar-refractivity contribution in [2.75, 3.05) is 0 Å². The van der Waals surface area contributed by atoms with Crippen LogP contribution in [0.1, 0.15) is 74.8 Å². The molecular formula is C97H61N3O3. The number of para-hydroxylation sites is 3. The molecule has 6 nitrogen and oxygen atoms in total. The lowest BCUT2D eigenvalue weighted by molar-refractivity contribution is 0.506. The quantitative estimate of drug-likeness (QED) is 0.175. The lowest BCUT2D eigenvalue weighted by Gasteiger charge is -2.30. The molecule has 0 radical (unpaired) electrons. The molecule has 24 rings (SSSR count). The monoisotopic (exact) mass is 1320 g/mol. The van der Waals surface area contributed by atoms with Crippen molar-refractivity contribution in [2.45, 2.75) is 23.7 Å². The topological polar surface area (TPSA) is 78.1 Å². The number of fused-ring (bicyclic) bond motifs is 36. The van der Waals surface area contributed by atoms with Crippen molar-refractivity contribution in [3.8, 4) is 100 Å². The van der Waals surface area contributed by atoms with E-state index in [-0.39, 0.29) is 7.43 Å². The van der Waals surface area contributed by atoms with Gasteiger partial charge in [0.05, 0.1) is 5.69 Å². The highest BCUT2D eigenvalue weighted by molar-refractivity contribution is 6.09. The maximum atomic E-state index is 6.82. The van der Waals surface area contributed by atoms with Crippen molar-refractivity contribution < 1.29 is 13.3 Å². The zero-order chi connectivity index (χ0) is 66.8.